The lowest BCUT2D eigenvalue weighted by Crippen LogP contribution is -2.47. The molecule has 10 rings (SSSR count). The third-order valence-corrected chi connectivity index (χ3v) is 14.6. The number of carbonyl (C=O) groups excluding carboxylic acids is 3. The number of fused-ring (bicyclic) bond motifs is 2. The summed E-state index contributed by atoms with van der Waals surface area (Å²) in [5, 5.41) is 15.5. The average Bonchev–Trinajstić information content (AvgIpc) is 4.15. The largest absolute Gasteiger partial charge is 0.465 e. The Kier molecular flexibility index (Phi) is 17.2. The van der Waals surface area contributed by atoms with E-state index in [0.717, 1.165) is 127 Å². The van der Waals surface area contributed by atoms with Crippen molar-refractivity contribution < 1.29 is 32.9 Å². The van der Waals surface area contributed by atoms with Gasteiger partial charge in [-0.2, -0.15) is 0 Å². The number of benzene rings is 4. The number of ether oxygens (including phenoxy) is 2. The lowest BCUT2D eigenvalue weighted by atomic mass is 10.0. The van der Waals surface area contributed by atoms with Gasteiger partial charge in [0.1, 0.15) is 29.2 Å². The predicted molar refractivity (Wildman–Crippen MR) is 289 cm³/mol. The maximum Gasteiger partial charge on any atom is 0.340 e. The van der Waals surface area contributed by atoms with Crippen LogP contribution in [0.2, 0.25) is 20.1 Å². The summed E-state index contributed by atoms with van der Waals surface area (Å²) in [4.78, 5) is 41.7. The van der Waals surface area contributed by atoms with E-state index >= 15 is 0 Å². The number of piperazine rings is 2. The standard InChI is InChI=1S/C27H28Cl2N4O3.C15H19N3O2.C12H9Cl2NO2/c1-17-19(26(30-36-17)25-22(28)5-4-6-23(25)29)9-10-32-11-13-33(14-12-32)18-7-8-20-21(27(34)35-3)16-31(2)24(20)15-18;1-17-10-13(15(19)20-2)12-4-3-11(9-14(12)17)18-7-5-16-6-8-18;1-7-8(5-6-16)12(15-17-7)11-9(13)3-2-4-10(11)14/h4-8,15-16H,9-14H2,1-3H3;3-4,9-10,16H,5-8H2,1-2H3;2-4,6H,5H2,1H3. The van der Waals surface area contributed by atoms with E-state index < -0.39 is 0 Å². The van der Waals surface area contributed by atoms with E-state index in [0.29, 0.717) is 48.2 Å². The maximum absolute atomic E-state index is 12.1. The molecule has 6 heterocycles. The molecule has 73 heavy (non-hydrogen) atoms. The van der Waals surface area contributed by atoms with Crippen LogP contribution in [-0.4, -0.2) is 116 Å². The molecular formula is C54H56Cl4N8O7. The molecule has 0 saturated carbocycles. The number of hydrogen-bond donors (Lipinski definition) is 1. The minimum Gasteiger partial charge on any atom is -0.465 e. The van der Waals surface area contributed by atoms with Gasteiger partial charge >= 0.3 is 11.9 Å². The average molecular weight is 1070 g/mol. The first kappa shape index (κ1) is 53.0. The van der Waals surface area contributed by atoms with Crippen LogP contribution in [0.1, 0.15) is 43.4 Å². The molecule has 19 heteroatoms. The lowest BCUT2D eigenvalue weighted by molar-refractivity contribution is -0.107. The van der Waals surface area contributed by atoms with Crippen molar-refractivity contribution in [2.24, 2.45) is 14.1 Å². The van der Waals surface area contributed by atoms with Gasteiger partial charge in [0.25, 0.3) is 0 Å². The number of rotatable bonds is 11. The lowest BCUT2D eigenvalue weighted by Gasteiger charge is -2.36. The maximum atomic E-state index is 12.1. The first-order valence-electron chi connectivity index (χ1n) is 23.7. The first-order valence-corrected chi connectivity index (χ1v) is 25.2. The van der Waals surface area contributed by atoms with Gasteiger partial charge in [0.2, 0.25) is 0 Å². The first-order chi connectivity index (χ1) is 35.2. The smallest absolute Gasteiger partial charge is 0.340 e. The molecule has 0 radical (unpaired) electrons. The Hall–Kier alpha value is -6.33. The molecule has 4 aromatic carbocycles. The van der Waals surface area contributed by atoms with Crippen LogP contribution in [0.4, 0.5) is 11.4 Å². The van der Waals surface area contributed by atoms with Crippen LogP contribution in [0.15, 0.2) is 94.2 Å². The molecule has 2 aliphatic heterocycles. The fourth-order valence-corrected chi connectivity index (χ4v) is 10.5. The molecule has 15 nitrogen and oxygen atoms in total. The topological polar surface area (TPSA) is 153 Å². The van der Waals surface area contributed by atoms with Crippen LogP contribution in [0, 0.1) is 13.8 Å². The highest BCUT2D eigenvalue weighted by Gasteiger charge is 2.24. The van der Waals surface area contributed by atoms with Crippen molar-refractivity contribution in [2.75, 3.05) is 82.9 Å². The molecule has 8 aromatic rings. The Balaban J connectivity index is 0.000000162. The second kappa shape index (κ2) is 23.7. The van der Waals surface area contributed by atoms with Crippen molar-refractivity contribution >= 4 is 97.8 Å². The van der Waals surface area contributed by atoms with Gasteiger partial charge in [0, 0.05) is 136 Å². The summed E-state index contributed by atoms with van der Waals surface area (Å²) in [6.07, 6.45) is 5.49. The molecule has 2 aliphatic rings. The van der Waals surface area contributed by atoms with Crippen LogP contribution < -0.4 is 15.1 Å². The van der Waals surface area contributed by atoms with Gasteiger partial charge in [-0.1, -0.05) is 68.8 Å². The molecule has 0 unspecified atom stereocenters. The minimum absolute atomic E-state index is 0.228. The fraction of sp³-hybridized carbons (Fsp3) is 0.315. The molecule has 0 bridgehead atoms. The van der Waals surface area contributed by atoms with E-state index in [9.17, 15) is 14.4 Å². The van der Waals surface area contributed by atoms with Gasteiger partial charge in [-0.05, 0) is 80.9 Å². The number of nitrogens with one attached hydrogen (secondary N) is 1. The van der Waals surface area contributed by atoms with Crippen LogP contribution in [-0.2, 0) is 41.2 Å². The summed E-state index contributed by atoms with van der Waals surface area (Å²) in [5.41, 5.74) is 10.00. The van der Waals surface area contributed by atoms with E-state index in [1.807, 2.05) is 72.9 Å². The van der Waals surface area contributed by atoms with Gasteiger partial charge in [0.15, 0.2) is 0 Å². The van der Waals surface area contributed by atoms with Crippen molar-refractivity contribution in [3.05, 3.63) is 139 Å². The number of carbonyl (C=O) groups is 3. The van der Waals surface area contributed by atoms with E-state index in [2.05, 4.69) is 54.6 Å². The molecule has 382 valence electrons. The summed E-state index contributed by atoms with van der Waals surface area (Å²) in [6, 6.07) is 23.1. The summed E-state index contributed by atoms with van der Waals surface area (Å²) in [7, 11) is 6.73. The second-order valence-electron chi connectivity index (χ2n) is 17.7. The van der Waals surface area contributed by atoms with Crippen molar-refractivity contribution in [3.8, 4) is 22.5 Å². The molecule has 0 aliphatic carbocycles. The highest BCUT2D eigenvalue weighted by atomic mass is 35.5. The Morgan fingerprint density at radius 1 is 0.644 bits per heavy atom. The van der Waals surface area contributed by atoms with Crippen molar-refractivity contribution in [1.29, 1.82) is 0 Å². The van der Waals surface area contributed by atoms with Crippen LogP contribution in [0.5, 0.6) is 0 Å². The van der Waals surface area contributed by atoms with Gasteiger partial charge in [-0.25, -0.2) is 9.59 Å². The molecule has 4 aromatic heterocycles. The summed E-state index contributed by atoms with van der Waals surface area (Å²) >= 11 is 25.0. The number of aldehydes is 1. The highest BCUT2D eigenvalue weighted by molar-refractivity contribution is 6.39. The predicted octanol–water partition coefficient (Wildman–Crippen LogP) is 10.7. The number of nitrogens with zero attached hydrogens (tertiary/aromatic N) is 7. The van der Waals surface area contributed by atoms with Gasteiger partial charge in [-0.15, -0.1) is 0 Å². The zero-order chi connectivity index (χ0) is 51.9. The zero-order valence-corrected chi connectivity index (χ0v) is 44.5. The van der Waals surface area contributed by atoms with E-state index in [1.54, 1.807) is 25.1 Å². The Labute approximate surface area is 443 Å². The number of aromatic nitrogens is 4. The van der Waals surface area contributed by atoms with Gasteiger partial charge < -0.3 is 47.6 Å². The fourth-order valence-electron chi connectivity index (χ4n) is 9.35. The third kappa shape index (κ3) is 11.6. The van der Waals surface area contributed by atoms with Gasteiger partial charge in [0.05, 0.1) is 56.5 Å². The minimum atomic E-state index is -0.315. The van der Waals surface area contributed by atoms with Crippen molar-refractivity contribution in [1.82, 2.24) is 29.7 Å². The molecule has 1 N–H and O–H groups in total. The highest BCUT2D eigenvalue weighted by Crippen LogP contribution is 2.38. The summed E-state index contributed by atoms with van der Waals surface area (Å²) < 4.78 is 24.3. The van der Waals surface area contributed by atoms with Gasteiger partial charge in [-0.3, -0.25) is 4.90 Å². The second-order valence-corrected chi connectivity index (χ2v) is 19.3. The van der Waals surface area contributed by atoms with Crippen LogP contribution in [0.25, 0.3) is 44.3 Å². The Morgan fingerprint density at radius 3 is 1.53 bits per heavy atom. The Bertz CT molecular complexity index is 3230. The molecule has 0 atom stereocenters. The third-order valence-electron chi connectivity index (χ3n) is 13.3. The molecule has 0 amide bonds. The zero-order valence-electron chi connectivity index (χ0n) is 41.4. The number of anilines is 2. The van der Waals surface area contributed by atoms with Crippen LogP contribution >= 0.6 is 46.4 Å². The quantitative estimate of drug-likeness (QED) is 0.0966. The number of esters is 2. The van der Waals surface area contributed by atoms with Crippen molar-refractivity contribution in [2.45, 2.75) is 26.7 Å². The van der Waals surface area contributed by atoms with E-state index in [-0.39, 0.29) is 18.4 Å². The monoisotopic (exact) mass is 1070 g/mol. The van der Waals surface area contributed by atoms with E-state index in [1.165, 1.54) is 19.9 Å². The number of hydrogen-bond acceptors (Lipinski definition) is 13. The number of aryl methyl sites for hydroxylation is 4. The molecule has 0 spiro atoms. The number of halogens is 4. The normalized spacial score (nSPS) is 13.9. The summed E-state index contributed by atoms with van der Waals surface area (Å²) in [5.74, 6) is 0.792. The number of methoxy groups -OCH3 is 2. The molecular weight excluding hydrogens is 1010 g/mol. The summed E-state index contributed by atoms with van der Waals surface area (Å²) in [6.45, 7) is 12.4. The van der Waals surface area contributed by atoms with E-state index in [4.69, 9.17) is 64.9 Å². The SMILES string of the molecule is COC(=O)c1cn(C)c2cc(N3CCN(CCc4c(-c5c(Cl)cccc5Cl)noc4C)CC3)ccc12.COC(=O)c1cn(C)c2cc(N3CCNCC3)ccc12.Cc1onc(-c2c(Cl)cccc2Cl)c1CC=O. The Morgan fingerprint density at radius 2 is 1.08 bits per heavy atom. The van der Waals surface area contributed by atoms with Crippen LogP contribution in [0.3, 0.4) is 0 Å². The molecule has 2 fully saturated rings. The molecule has 2 saturated heterocycles. The van der Waals surface area contributed by atoms with Crippen molar-refractivity contribution in [3.63, 3.8) is 0 Å².